The van der Waals surface area contributed by atoms with Crippen molar-refractivity contribution in [2.24, 2.45) is 5.92 Å². The number of hydrogen-bond acceptors (Lipinski definition) is 10. The number of para-hydroxylation sites is 1. The average Bonchev–Trinajstić information content (AvgIpc) is 3.50. The number of aryl methyl sites for hydroxylation is 2. The van der Waals surface area contributed by atoms with Crippen molar-refractivity contribution in [3.63, 3.8) is 0 Å². The number of ether oxygens (including phenoxy) is 1. The fourth-order valence-corrected chi connectivity index (χ4v) is 10.4. The number of rotatable bonds is 5. The molecule has 52 heavy (non-hydrogen) atoms. The number of pyridine rings is 1. The Morgan fingerprint density at radius 2 is 1.92 bits per heavy atom. The summed E-state index contributed by atoms with van der Waals surface area (Å²) in [6.45, 7) is 3.74. The van der Waals surface area contributed by atoms with Gasteiger partial charge in [-0.05, 0) is 77.7 Å². The zero-order valence-electron chi connectivity index (χ0n) is 29.7. The molecule has 1 spiro atoms. The number of hydrogen-bond donors (Lipinski definition) is 3. The van der Waals surface area contributed by atoms with E-state index in [0.29, 0.717) is 49.4 Å². The third-order valence-corrected chi connectivity index (χ3v) is 14.9. The highest BCUT2D eigenvalue weighted by molar-refractivity contribution is 7.91. The SMILES string of the molecule is Cc1nc2ccccc2c2c1OC1(CC2)CC2C(=O)NC3(C(=O)NS(=O)(=O)C4(C)CC4)CCC3C=CCCCCCC(Nc3nccs3)C(=O)N2C1. The van der Waals surface area contributed by atoms with Crippen LogP contribution in [0.1, 0.15) is 88.8 Å². The van der Waals surface area contributed by atoms with Crippen molar-refractivity contribution in [3.05, 3.63) is 59.3 Å². The second-order valence-corrected chi connectivity index (χ2v) is 18.7. The van der Waals surface area contributed by atoms with Crippen molar-refractivity contribution in [1.82, 2.24) is 24.9 Å². The van der Waals surface area contributed by atoms with Crippen molar-refractivity contribution in [3.8, 4) is 5.75 Å². The zero-order chi connectivity index (χ0) is 36.3. The van der Waals surface area contributed by atoms with Gasteiger partial charge in [0, 0.05) is 34.9 Å². The molecule has 5 heterocycles. The first-order valence-electron chi connectivity index (χ1n) is 18.5. The van der Waals surface area contributed by atoms with Crippen molar-refractivity contribution in [2.75, 3.05) is 11.9 Å². The monoisotopic (exact) mass is 746 g/mol. The minimum Gasteiger partial charge on any atom is -0.483 e. The molecule has 5 unspecified atom stereocenters. The highest BCUT2D eigenvalue weighted by Gasteiger charge is 2.59. The Morgan fingerprint density at radius 3 is 2.67 bits per heavy atom. The molecule has 276 valence electrons. The lowest BCUT2D eigenvalue weighted by Crippen LogP contribution is -2.70. The Hall–Kier alpha value is -4.04. The van der Waals surface area contributed by atoms with Crippen molar-refractivity contribution >= 4 is 55.1 Å². The molecule has 3 aliphatic heterocycles. The number of benzene rings is 1. The quantitative estimate of drug-likeness (QED) is 0.308. The van der Waals surface area contributed by atoms with Gasteiger partial charge in [0.25, 0.3) is 5.91 Å². The number of carbonyl (C=O) groups excluding carboxylic acids is 3. The molecule has 8 rings (SSSR count). The number of sulfonamides is 1. The van der Waals surface area contributed by atoms with E-state index in [-0.39, 0.29) is 31.2 Å². The number of carbonyl (C=O) groups is 3. The molecule has 2 saturated carbocycles. The standard InChI is InChI=1S/C38H46N6O6S2/c1-24-31-27(26-11-8-9-12-28(26)40-24)15-16-37(50-31)22-30-32(45)42-38(34(47)43-52(48,49)36(2)18-19-36)17-14-25(38)10-6-4-3-5-7-13-29(33(46)44(30)23-37)41-35-39-20-21-51-35/h6,8-12,20-21,25,29-30H,3-5,7,13-19,22-23H2,1-2H3,(H,39,41)(H,42,45)(H,43,47). The van der Waals surface area contributed by atoms with Gasteiger partial charge in [0.1, 0.15) is 29.0 Å². The van der Waals surface area contributed by atoms with Crippen LogP contribution in [-0.4, -0.2) is 75.5 Å². The predicted molar refractivity (Wildman–Crippen MR) is 198 cm³/mol. The largest absolute Gasteiger partial charge is 0.483 e. The normalized spacial score (nSPS) is 30.1. The van der Waals surface area contributed by atoms with E-state index in [1.54, 1.807) is 18.0 Å². The third kappa shape index (κ3) is 6.14. The summed E-state index contributed by atoms with van der Waals surface area (Å²) in [5.74, 6) is -1.13. The number of allylic oxidation sites excluding steroid dienone is 1. The van der Waals surface area contributed by atoms with Gasteiger partial charge in [-0.1, -0.05) is 43.2 Å². The van der Waals surface area contributed by atoms with E-state index < -0.39 is 49.8 Å². The molecule has 3 N–H and O–H groups in total. The highest BCUT2D eigenvalue weighted by atomic mass is 32.2. The van der Waals surface area contributed by atoms with Gasteiger partial charge in [0.05, 0.1) is 22.5 Å². The topological polar surface area (TPSA) is 160 Å². The summed E-state index contributed by atoms with van der Waals surface area (Å²) in [6.07, 6.45) is 13.0. The molecule has 5 atom stereocenters. The second-order valence-electron chi connectivity index (χ2n) is 15.6. The minimum absolute atomic E-state index is 0.181. The first-order chi connectivity index (χ1) is 24.9. The Kier molecular flexibility index (Phi) is 8.83. The molecule has 0 radical (unpaired) electrons. The average molecular weight is 747 g/mol. The van der Waals surface area contributed by atoms with Crippen LogP contribution in [0.5, 0.6) is 5.75 Å². The van der Waals surface area contributed by atoms with Gasteiger partial charge in [-0.3, -0.25) is 19.1 Å². The lowest BCUT2D eigenvalue weighted by molar-refractivity contribution is -0.144. The first kappa shape index (κ1) is 35.0. The van der Waals surface area contributed by atoms with Gasteiger partial charge in [-0.25, -0.2) is 18.4 Å². The molecule has 12 nitrogen and oxygen atoms in total. The summed E-state index contributed by atoms with van der Waals surface area (Å²) < 4.78 is 34.8. The lowest BCUT2D eigenvalue weighted by atomic mass is 9.65. The molecule has 14 heteroatoms. The predicted octanol–water partition coefficient (Wildman–Crippen LogP) is 4.93. The van der Waals surface area contributed by atoms with Crippen LogP contribution in [-0.2, 0) is 30.8 Å². The highest BCUT2D eigenvalue weighted by Crippen LogP contribution is 2.47. The van der Waals surface area contributed by atoms with Gasteiger partial charge < -0.3 is 20.3 Å². The smallest absolute Gasteiger partial charge is 0.259 e. The second kappa shape index (κ2) is 13.1. The van der Waals surface area contributed by atoms with E-state index >= 15 is 0 Å². The fraction of sp³-hybridized carbons (Fsp3) is 0.553. The zero-order valence-corrected chi connectivity index (χ0v) is 31.3. The van der Waals surface area contributed by atoms with E-state index in [1.807, 2.05) is 48.7 Å². The maximum Gasteiger partial charge on any atom is 0.259 e. The number of nitrogens with zero attached hydrogens (tertiary/aromatic N) is 3. The molecule has 2 aliphatic carbocycles. The maximum absolute atomic E-state index is 14.7. The molecular weight excluding hydrogens is 701 g/mol. The molecule has 5 aliphatic rings. The van der Waals surface area contributed by atoms with Crippen LogP contribution < -0.4 is 20.1 Å². The van der Waals surface area contributed by atoms with Gasteiger partial charge in [0.15, 0.2) is 5.13 Å². The van der Waals surface area contributed by atoms with E-state index in [1.165, 1.54) is 11.3 Å². The molecule has 3 amide bonds. The molecule has 2 aromatic heterocycles. The molecule has 1 aromatic carbocycles. The Balaban J connectivity index is 1.15. The van der Waals surface area contributed by atoms with Gasteiger partial charge in [0.2, 0.25) is 21.8 Å². The molecule has 3 aromatic rings. The Bertz CT molecular complexity index is 2050. The van der Waals surface area contributed by atoms with Crippen LogP contribution in [0.15, 0.2) is 48.0 Å². The summed E-state index contributed by atoms with van der Waals surface area (Å²) >= 11 is 1.41. The Labute approximate surface area is 308 Å². The Morgan fingerprint density at radius 1 is 1.10 bits per heavy atom. The van der Waals surface area contributed by atoms with Crippen LogP contribution >= 0.6 is 11.3 Å². The number of fused-ring (bicyclic) bond motifs is 5. The van der Waals surface area contributed by atoms with E-state index in [0.717, 1.165) is 47.8 Å². The summed E-state index contributed by atoms with van der Waals surface area (Å²) in [5.41, 5.74) is 0.390. The van der Waals surface area contributed by atoms with Crippen LogP contribution in [0.3, 0.4) is 0 Å². The van der Waals surface area contributed by atoms with Crippen LogP contribution in [0, 0.1) is 12.8 Å². The van der Waals surface area contributed by atoms with Crippen LogP contribution in [0.25, 0.3) is 10.9 Å². The van der Waals surface area contributed by atoms with E-state index in [9.17, 15) is 22.8 Å². The maximum atomic E-state index is 14.7. The number of anilines is 1. The van der Waals surface area contributed by atoms with E-state index in [2.05, 4.69) is 20.3 Å². The van der Waals surface area contributed by atoms with Gasteiger partial charge >= 0.3 is 0 Å². The van der Waals surface area contributed by atoms with Gasteiger partial charge in [-0.2, -0.15) is 0 Å². The fourth-order valence-electron chi connectivity index (χ4n) is 8.46. The summed E-state index contributed by atoms with van der Waals surface area (Å²) in [5, 5.41) is 9.92. The molecule has 3 fully saturated rings. The minimum atomic E-state index is -3.95. The number of amides is 3. The van der Waals surface area contributed by atoms with E-state index in [4.69, 9.17) is 9.72 Å². The van der Waals surface area contributed by atoms with Crippen molar-refractivity contribution in [2.45, 2.75) is 119 Å². The first-order valence-corrected chi connectivity index (χ1v) is 20.9. The molecule has 1 saturated heterocycles. The summed E-state index contributed by atoms with van der Waals surface area (Å²) in [4.78, 5) is 54.4. The van der Waals surface area contributed by atoms with Gasteiger partial charge in [-0.15, -0.1) is 11.3 Å². The van der Waals surface area contributed by atoms with Crippen molar-refractivity contribution < 1.29 is 27.5 Å². The summed E-state index contributed by atoms with van der Waals surface area (Å²) in [7, 11) is -3.95. The third-order valence-electron chi connectivity index (χ3n) is 12.1. The van der Waals surface area contributed by atoms with Crippen LogP contribution in [0.2, 0.25) is 0 Å². The summed E-state index contributed by atoms with van der Waals surface area (Å²) in [6, 6.07) is 6.40. The number of aromatic nitrogens is 2. The number of nitrogens with one attached hydrogen (secondary N) is 3. The number of thiazole rings is 1. The molecular formula is C38H46N6O6S2. The van der Waals surface area contributed by atoms with Crippen molar-refractivity contribution in [1.29, 1.82) is 0 Å². The lowest BCUT2D eigenvalue weighted by Gasteiger charge is -2.48. The molecule has 0 bridgehead atoms. The van der Waals surface area contributed by atoms with Crippen LogP contribution in [0.4, 0.5) is 5.13 Å².